The Kier molecular flexibility index (Phi) is 8.21. The van der Waals surface area contributed by atoms with Crippen LogP contribution in [0.3, 0.4) is 0 Å². The van der Waals surface area contributed by atoms with Crippen molar-refractivity contribution in [3.8, 4) is 5.75 Å². The van der Waals surface area contributed by atoms with Gasteiger partial charge in [-0.15, -0.1) is 0 Å². The van der Waals surface area contributed by atoms with Crippen molar-refractivity contribution in [3.63, 3.8) is 0 Å². The number of aliphatic carboxylic acids is 1. The van der Waals surface area contributed by atoms with Gasteiger partial charge in [0.05, 0.1) is 9.37 Å². The summed E-state index contributed by atoms with van der Waals surface area (Å²) in [5.41, 5.74) is 1.03. The maximum absolute atomic E-state index is 13.9. The minimum Gasteiger partial charge on any atom is -0.476 e. The molecule has 0 amide bonds. The van der Waals surface area contributed by atoms with E-state index in [1.54, 1.807) is 13.1 Å². The molecule has 34 heavy (non-hydrogen) atoms. The van der Waals surface area contributed by atoms with Crippen LogP contribution in [-0.4, -0.2) is 36.4 Å². The lowest BCUT2D eigenvalue weighted by Crippen LogP contribution is -2.48. The Morgan fingerprint density at radius 3 is 2.56 bits per heavy atom. The first-order valence-electron chi connectivity index (χ1n) is 11.2. The normalized spacial score (nSPS) is 22.6. The van der Waals surface area contributed by atoms with E-state index in [4.69, 9.17) is 9.84 Å². The third kappa shape index (κ3) is 5.06. The van der Waals surface area contributed by atoms with Gasteiger partial charge in [-0.1, -0.05) is 57.0 Å². The SMILES string of the molecule is CCCCC1(CC)CC(c2ccccc2)c2cc(Br)c(O/C=C(\F)C(=O)O)cc2S(=O)(=O)N1C. The number of carboxylic acid groups (broad SMARTS) is 1. The van der Waals surface area contributed by atoms with Crippen LogP contribution in [0, 0.1) is 0 Å². The quantitative estimate of drug-likeness (QED) is 0.310. The molecule has 0 fully saturated rings. The number of benzene rings is 2. The second kappa shape index (κ2) is 10.6. The number of rotatable bonds is 8. The number of hydrogen-bond donors (Lipinski definition) is 1. The maximum atomic E-state index is 13.9. The molecule has 0 aliphatic carbocycles. The van der Waals surface area contributed by atoms with E-state index < -0.39 is 27.4 Å². The monoisotopic (exact) mass is 553 g/mol. The van der Waals surface area contributed by atoms with Gasteiger partial charge in [-0.3, -0.25) is 0 Å². The Morgan fingerprint density at radius 1 is 1.29 bits per heavy atom. The average molecular weight is 554 g/mol. The minimum atomic E-state index is -3.94. The van der Waals surface area contributed by atoms with Crippen molar-refractivity contribution in [3.05, 3.63) is 70.2 Å². The number of ether oxygens (including phenoxy) is 1. The zero-order valence-corrected chi connectivity index (χ0v) is 21.8. The van der Waals surface area contributed by atoms with E-state index >= 15 is 0 Å². The summed E-state index contributed by atoms with van der Waals surface area (Å²) in [6.07, 6.45) is 4.28. The molecule has 1 heterocycles. The number of nitrogens with zero attached hydrogens (tertiary/aromatic N) is 1. The van der Waals surface area contributed by atoms with Crippen LogP contribution >= 0.6 is 15.9 Å². The van der Waals surface area contributed by atoms with Crippen LogP contribution in [0.15, 0.2) is 63.9 Å². The molecular formula is C25H29BrFNO5S. The van der Waals surface area contributed by atoms with E-state index in [2.05, 4.69) is 22.9 Å². The van der Waals surface area contributed by atoms with Crippen molar-refractivity contribution in [1.29, 1.82) is 0 Å². The van der Waals surface area contributed by atoms with Gasteiger partial charge >= 0.3 is 5.97 Å². The topological polar surface area (TPSA) is 83.9 Å². The first-order chi connectivity index (χ1) is 16.1. The van der Waals surface area contributed by atoms with Crippen molar-refractivity contribution in [2.75, 3.05) is 7.05 Å². The fraction of sp³-hybridized carbons (Fsp3) is 0.400. The Morgan fingerprint density at radius 2 is 1.97 bits per heavy atom. The molecule has 6 nitrogen and oxygen atoms in total. The van der Waals surface area contributed by atoms with E-state index in [9.17, 15) is 17.6 Å². The van der Waals surface area contributed by atoms with Crippen LogP contribution < -0.4 is 4.74 Å². The van der Waals surface area contributed by atoms with Gasteiger partial charge in [-0.2, -0.15) is 8.70 Å². The third-order valence-corrected chi connectivity index (χ3v) is 9.32. The first kappa shape index (κ1) is 26.4. The number of halogens is 2. The summed E-state index contributed by atoms with van der Waals surface area (Å²) in [6.45, 7) is 4.10. The molecule has 0 radical (unpaired) electrons. The van der Waals surface area contributed by atoms with E-state index in [1.807, 2.05) is 37.3 Å². The summed E-state index contributed by atoms with van der Waals surface area (Å²) < 4.78 is 48.5. The van der Waals surface area contributed by atoms with Gasteiger partial charge in [0.25, 0.3) is 0 Å². The standard InChI is InChI=1S/C25H29BrFNO5S/c1-4-6-12-25(5-2)15-19(17-10-8-7-9-11-17)18-13-20(26)22(33-16-21(27)24(29)30)14-23(18)34(31,32)28(25)3/h7-11,13-14,16,19H,4-6,12,15H2,1-3H3,(H,29,30)/b21-16-. The van der Waals surface area contributed by atoms with Gasteiger partial charge in [0.15, 0.2) is 0 Å². The molecule has 0 bridgehead atoms. The highest BCUT2D eigenvalue weighted by Gasteiger charge is 2.46. The highest BCUT2D eigenvalue weighted by Crippen LogP contribution is 2.48. The molecule has 2 aromatic rings. The summed E-state index contributed by atoms with van der Waals surface area (Å²) in [6, 6.07) is 12.8. The summed E-state index contributed by atoms with van der Waals surface area (Å²) in [7, 11) is -2.32. The largest absolute Gasteiger partial charge is 0.476 e. The number of hydrogen-bond acceptors (Lipinski definition) is 4. The molecule has 2 atom stereocenters. The van der Waals surface area contributed by atoms with Gasteiger partial charge < -0.3 is 9.84 Å². The zero-order chi connectivity index (χ0) is 25.1. The Bertz CT molecular complexity index is 1190. The van der Waals surface area contributed by atoms with Gasteiger partial charge in [-0.25, -0.2) is 13.2 Å². The lowest BCUT2D eigenvalue weighted by Gasteiger charge is -2.40. The molecule has 3 rings (SSSR count). The van der Waals surface area contributed by atoms with E-state index in [0.29, 0.717) is 29.1 Å². The van der Waals surface area contributed by atoms with Crippen molar-refractivity contribution < 1.29 is 27.4 Å². The Hall–Kier alpha value is -2.23. The Balaban J connectivity index is 2.26. The molecular weight excluding hydrogens is 525 g/mol. The average Bonchev–Trinajstić information content (AvgIpc) is 2.89. The first-order valence-corrected chi connectivity index (χ1v) is 13.4. The van der Waals surface area contributed by atoms with E-state index in [0.717, 1.165) is 24.8 Å². The maximum Gasteiger partial charge on any atom is 0.368 e. The molecule has 9 heteroatoms. The van der Waals surface area contributed by atoms with Gasteiger partial charge in [0, 0.05) is 24.6 Å². The lowest BCUT2D eigenvalue weighted by molar-refractivity contribution is -0.134. The molecule has 0 saturated heterocycles. The zero-order valence-electron chi connectivity index (χ0n) is 19.4. The smallest absolute Gasteiger partial charge is 0.368 e. The number of carboxylic acids is 1. The van der Waals surface area contributed by atoms with Gasteiger partial charge in [-0.05, 0) is 52.4 Å². The van der Waals surface area contributed by atoms with Crippen molar-refractivity contribution in [1.82, 2.24) is 4.31 Å². The molecule has 2 unspecified atom stereocenters. The number of sulfonamides is 1. The molecule has 184 valence electrons. The molecule has 1 aliphatic rings. The van der Waals surface area contributed by atoms with Crippen LogP contribution in [0.2, 0.25) is 0 Å². The number of fused-ring (bicyclic) bond motifs is 1. The minimum absolute atomic E-state index is 0.0106. The highest BCUT2D eigenvalue weighted by atomic mass is 79.9. The number of unbranched alkanes of at least 4 members (excludes halogenated alkanes) is 1. The number of carbonyl (C=O) groups is 1. The highest BCUT2D eigenvalue weighted by molar-refractivity contribution is 9.10. The fourth-order valence-corrected chi connectivity index (χ4v) is 6.92. The third-order valence-electron chi connectivity index (χ3n) is 6.68. The van der Waals surface area contributed by atoms with Crippen LogP contribution in [-0.2, 0) is 14.8 Å². The van der Waals surface area contributed by atoms with Crippen molar-refractivity contribution in [2.24, 2.45) is 0 Å². The summed E-state index contributed by atoms with van der Waals surface area (Å²) in [4.78, 5) is 10.9. The van der Waals surface area contributed by atoms with Crippen LogP contribution in [0.4, 0.5) is 4.39 Å². The predicted molar refractivity (Wildman–Crippen MR) is 132 cm³/mol. The van der Waals surface area contributed by atoms with Crippen LogP contribution in [0.1, 0.15) is 63.0 Å². The Labute approximate surface area is 208 Å². The van der Waals surface area contributed by atoms with Crippen LogP contribution in [0.5, 0.6) is 5.75 Å². The molecule has 0 spiro atoms. The summed E-state index contributed by atoms with van der Waals surface area (Å²) >= 11 is 3.40. The van der Waals surface area contributed by atoms with Crippen molar-refractivity contribution in [2.45, 2.75) is 62.3 Å². The van der Waals surface area contributed by atoms with Crippen LogP contribution in [0.25, 0.3) is 0 Å². The van der Waals surface area contributed by atoms with E-state index in [-0.39, 0.29) is 16.6 Å². The second-order valence-electron chi connectivity index (χ2n) is 8.53. The summed E-state index contributed by atoms with van der Waals surface area (Å²) in [5.74, 6) is -3.46. The summed E-state index contributed by atoms with van der Waals surface area (Å²) in [5, 5.41) is 8.76. The van der Waals surface area contributed by atoms with Crippen molar-refractivity contribution >= 4 is 31.9 Å². The predicted octanol–water partition coefficient (Wildman–Crippen LogP) is 6.22. The van der Waals surface area contributed by atoms with E-state index in [1.165, 1.54) is 10.4 Å². The van der Waals surface area contributed by atoms with Gasteiger partial charge in [0.1, 0.15) is 12.0 Å². The molecule has 1 aliphatic heterocycles. The molecule has 0 saturated carbocycles. The fourth-order valence-electron chi connectivity index (χ4n) is 4.61. The lowest BCUT2D eigenvalue weighted by atomic mass is 9.76. The van der Waals surface area contributed by atoms with Gasteiger partial charge in [0.2, 0.25) is 15.9 Å². The molecule has 0 aromatic heterocycles. The molecule has 2 aromatic carbocycles. The molecule has 1 N–H and O–H groups in total. The second-order valence-corrected chi connectivity index (χ2v) is 11.3.